The van der Waals surface area contributed by atoms with Crippen LogP contribution in [-0.2, 0) is 11.2 Å². The van der Waals surface area contributed by atoms with Crippen LogP contribution in [0.3, 0.4) is 0 Å². The molecule has 0 saturated carbocycles. The van der Waals surface area contributed by atoms with Crippen molar-refractivity contribution in [2.45, 2.75) is 6.42 Å². The molecule has 3 rings (SSSR count). The van der Waals surface area contributed by atoms with Crippen LogP contribution in [0.4, 0.5) is 11.4 Å². The molecule has 7 heteroatoms. The molecule has 0 spiro atoms. The van der Waals surface area contributed by atoms with Gasteiger partial charge in [-0.2, -0.15) is 10.2 Å². The second-order valence-electron chi connectivity index (χ2n) is 5.85. The second kappa shape index (κ2) is 9.43. The van der Waals surface area contributed by atoms with Gasteiger partial charge >= 0.3 is 0 Å². The molecular weight excluding hydrogens is 376 g/mol. The van der Waals surface area contributed by atoms with Crippen molar-refractivity contribution >= 4 is 35.1 Å². The SMILES string of the molecule is O=C(Cc1ccccc1)N/N=C/c1cc(N=Nc2ccccc2Cl)ccc1O. The lowest BCUT2D eigenvalue weighted by Crippen LogP contribution is -2.19. The minimum absolute atomic E-state index is 0.0118. The molecule has 2 N–H and O–H groups in total. The lowest BCUT2D eigenvalue weighted by atomic mass is 10.1. The molecule has 28 heavy (non-hydrogen) atoms. The highest BCUT2D eigenvalue weighted by molar-refractivity contribution is 6.32. The van der Waals surface area contributed by atoms with Crippen LogP contribution in [0.1, 0.15) is 11.1 Å². The van der Waals surface area contributed by atoms with Crippen molar-refractivity contribution in [2.75, 3.05) is 0 Å². The summed E-state index contributed by atoms with van der Waals surface area (Å²) in [5.74, 6) is -0.241. The summed E-state index contributed by atoms with van der Waals surface area (Å²) < 4.78 is 0. The van der Waals surface area contributed by atoms with E-state index >= 15 is 0 Å². The molecule has 0 fully saturated rings. The third-order valence-corrected chi connectivity index (χ3v) is 4.06. The van der Waals surface area contributed by atoms with Crippen LogP contribution >= 0.6 is 11.6 Å². The van der Waals surface area contributed by atoms with Gasteiger partial charge in [-0.05, 0) is 35.9 Å². The predicted octanol–water partition coefficient (Wildman–Crippen LogP) is 5.15. The molecule has 3 aromatic carbocycles. The van der Waals surface area contributed by atoms with E-state index in [4.69, 9.17) is 11.6 Å². The second-order valence-corrected chi connectivity index (χ2v) is 6.26. The standard InChI is InChI=1S/C21H17ClN4O2/c22-18-8-4-5-9-19(18)25-24-17-10-11-20(27)16(13-17)14-23-26-21(28)12-15-6-2-1-3-7-15/h1-11,13-14,27H,12H2,(H,26,28)/b23-14+,25-24?. The van der Waals surface area contributed by atoms with Gasteiger partial charge in [0.1, 0.15) is 11.4 Å². The van der Waals surface area contributed by atoms with Crippen LogP contribution in [0, 0.1) is 0 Å². The zero-order chi connectivity index (χ0) is 19.8. The molecule has 0 unspecified atom stereocenters. The molecule has 0 aliphatic rings. The van der Waals surface area contributed by atoms with E-state index in [9.17, 15) is 9.90 Å². The molecule has 0 saturated heterocycles. The first-order valence-electron chi connectivity index (χ1n) is 8.47. The molecule has 0 bridgehead atoms. The van der Waals surface area contributed by atoms with E-state index in [0.717, 1.165) is 5.56 Å². The number of hydrogen-bond donors (Lipinski definition) is 2. The number of azo groups is 1. The molecular formula is C21H17ClN4O2. The summed E-state index contributed by atoms with van der Waals surface area (Å²) in [4.78, 5) is 11.9. The van der Waals surface area contributed by atoms with E-state index < -0.39 is 0 Å². The summed E-state index contributed by atoms with van der Waals surface area (Å²) in [7, 11) is 0. The molecule has 0 aliphatic heterocycles. The minimum Gasteiger partial charge on any atom is -0.507 e. The highest BCUT2D eigenvalue weighted by atomic mass is 35.5. The van der Waals surface area contributed by atoms with Gasteiger partial charge in [-0.25, -0.2) is 5.43 Å². The molecule has 0 radical (unpaired) electrons. The summed E-state index contributed by atoms with van der Waals surface area (Å²) in [5.41, 5.74) is 4.78. The maximum atomic E-state index is 11.9. The van der Waals surface area contributed by atoms with Gasteiger partial charge in [-0.1, -0.05) is 54.1 Å². The molecule has 1 amide bonds. The molecule has 140 valence electrons. The van der Waals surface area contributed by atoms with Crippen LogP contribution in [0.2, 0.25) is 5.02 Å². The van der Waals surface area contributed by atoms with Gasteiger partial charge in [0.2, 0.25) is 5.91 Å². The van der Waals surface area contributed by atoms with Gasteiger partial charge in [0.25, 0.3) is 0 Å². The number of carbonyl (C=O) groups excluding carboxylic acids is 1. The van der Waals surface area contributed by atoms with Gasteiger partial charge in [-0.3, -0.25) is 4.79 Å². The average Bonchev–Trinajstić information content (AvgIpc) is 2.70. The number of nitrogens with zero attached hydrogens (tertiary/aromatic N) is 3. The largest absolute Gasteiger partial charge is 0.507 e. The normalized spacial score (nSPS) is 11.2. The number of carbonyl (C=O) groups is 1. The number of halogens is 1. The third kappa shape index (κ3) is 5.49. The van der Waals surface area contributed by atoms with E-state index in [1.807, 2.05) is 42.5 Å². The fourth-order valence-corrected chi connectivity index (χ4v) is 2.52. The van der Waals surface area contributed by atoms with Crippen molar-refractivity contribution in [3.63, 3.8) is 0 Å². The lowest BCUT2D eigenvalue weighted by molar-refractivity contribution is -0.120. The summed E-state index contributed by atoms with van der Waals surface area (Å²) in [6.45, 7) is 0. The quantitative estimate of drug-likeness (QED) is 0.345. The summed E-state index contributed by atoms with van der Waals surface area (Å²) in [6.07, 6.45) is 1.57. The Morgan fingerprint density at radius 1 is 1.00 bits per heavy atom. The zero-order valence-corrected chi connectivity index (χ0v) is 15.5. The fourth-order valence-electron chi connectivity index (χ4n) is 2.35. The number of rotatable bonds is 6. The van der Waals surface area contributed by atoms with Gasteiger partial charge in [0.15, 0.2) is 0 Å². The van der Waals surface area contributed by atoms with E-state index in [1.54, 1.807) is 24.3 Å². The van der Waals surface area contributed by atoms with Crippen molar-refractivity contribution in [1.29, 1.82) is 0 Å². The number of phenolic OH excluding ortho intramolecular Hbond substituents is 1. The Balaban J connectivity index is 1.65. The number of hydrogen-bond acceptors (Lipinski definition) is 5. The van der Waals surface area contributed by atoms with E-state index in [0.29, 0.717) is 22.0 Å². The first kappa shape index (κ1) is 19.3. The molecule has 0 atom stereocenters. The summed E-state index contributed by atoms with van der Waals surface area (Å²) >= 11 is 6.05. The number of nitrogens with one attached hydrogen (secondary N) is 1. The maximum Gasteiger partial charge on any atom is 0.244 e. The number of amides is 1. The number of phenols is 1. The number of aromatic hydroxyl groups is 1. The van der Waals surface area contributed by atoms with E-state index in [2.05, 4.69) is 20.8 Å². The van der Waals surface area contributed by atoms with E-state index in [-0.39, 0.29) is 18.1 Å². The first-order chi connectivity index (χ1) is 13.6. The monoisotopic (exact) mass is 392 g/mol. The highest BCUT2D eigenvalue weighted by Gasteiger charge is 2.03. The van der Waals surface area contributed by atoms with Crippen molar-refractivity contribution in [1.82, 2.24) is 5.43 Å². The maximum absolute atomic E-state index is 11.9. The van der Waals surface area contributed by atoms with Crippen LogP contribution in [0.5, 0.6) is 5.75 Å². The van der Waals surface area contributed by atoms with Crippen molar-refractivity contribution in [3.05, 3.63) is 88.9 Å². The average molecular weight is 393 g/mol. The van der Waals surface area contributed by atoms with Gasteiger partial charge in [-0.15, -0.1) is 5.11 Å². The number of benzene rings is 3. The van der Waals surface area contributed by atoms with Gasteiger partial charge in [0.05, 0.1) is 23.3 Å². The topological polar surface area (TPSA) is 86.4 Å². The Morgan fingerprint density at radius 2 is 1.75 bits per heavy atom. The van der Waals surface area contributed by atoms with Gasteiger partial charge in [0, 0.05) is 5.56 Å². The fraction of sp³-hybridized carbons (Fsp3) is 0.0476. The van der Waals surface area contributed by atoms with Crippen LogP contribution in [-0.4, -0.2) is 17.2 Å². The Bertz CT molecular complexity index is 1020. The van der Waals surface area contributed by atoms with Crippen molar-refractivity contribution in [2.24, 2.45) is 15.3 Å². The van der Waals surface area contributed by atoms with E-state index in [1.165, 1.54) is 12.3 Å². The molecule has 3 aromatic rings. The Kier molecular flexibility index (Phi) is 6.49. The Labute approximate surface area is 167 Å². The Morgan fingerprint density at radius 3 is 2.54 bits per heavy atom. The van der Waals surface area contributed by atoms with Crippen LogP contribution < -0.4 is 5.43 Å². The van der Waals surface area contributed by atoms with Crippen molar-refractivity contribution in [3.8, 4) is 5.75 Å². The number of hydrazone groups is 1. The predicted molar refractivity (Wildman–Crippen MR) is 110 cm³/mol. The highest BCUT2D eigenvalue weighted by Crippen LogP contribution is 2.27. The van der Waals surface area contributed by atoms with Crippen LogP contribution in [0.15, 0.2) is 88.1 Å². The third-order valence-electron chi connectivity index (χ3n) is 3.74. The summed E-state index contributed by atoms with van der Waals surface area (Å²) in [6, 6.07) is 21.1. The Hall–Kier alpha value is -3.51. The lowest BCUT2D eigenvalue weighted by Gasteiger charge is -2.02. The molecule has 0 aliphatic carbocycles. The van der Waals surface area contributed by atoms with Crippen LogP contribution in [0.25, 0.3) is 0 Å². The molecule has 0 aromatic heterocycles. The zero-order valence-electron chi connectivity index (χ0n) is 14.8. The first-order valence-corrected chi connectivity index (χ1v) is 8.85. The van der Waals surface area contributed by atoms with Crippen molar-refractivity contribution < 1.29 is 9.90 Å². The molecule has 6 nitrogen and oxygen atoms in total. The smallest absolute Gasteiger partial charge is 0.244 e. The van der Waals surface area contributed by atoms with Gasteiger partial charge < -0.3 is 5.11 Å². The summed E-state index contributed by atoms with van der Waals surface area (Å²) in [5, 5.41) is 22.6. The minimum atomic E-state index is -0.253. The molecule has 0 heterocycles.